The Hall–Kier alpha value is -1.60. The fraction of sp³-hybridized carbons (Fsp3) is 0.778. The summed E-state index contributed by atoms with van der Waals surface area (Å²) in [4.78, 5) is 12.1. The smallest absolute Gasteiger partial charge is 0.407 e. The minimum Gasteiger partial charge on any atom is -0.444 e. The summed E-state index contributed by atoms with van der Waals surface area (Å²) in [6.07, 6.45) is 5.83. The molecule has 1 aromatic heterocycles. The summed E-state index contributed by atoms with van der Waals surface area (Å²) in [5, 5.41) is 10.9. The lowest BCUT2D eigenvalue weighted by molar-refractivity contribution is -0.0344. The van der Waals surface area contributed by atoms with Crippen molar-refractivity contribution < 1.29 is 14.3 Å². The van der Waals surface area contributed by atoms with Crippen LogP contribution in [0.5, 0.6) is 0 Å². The van der Waals surface area contributed by atoms with Crippen LogP contribution in [0.15, 0.2) is 12.4 Å². The van der Waals surface area contributed by atoms with Crippen LogP contribution in [-0.4, -0.2) is 46.3 Å². The molecule has 2 fully saturated rings. The maximum absolute atomic E-state index is 12.1. The van der Waals surface area contributed by atoms with Crippen LogP contribution >= 0.6 is 0 Å². The Balaban J connectivity index is 1.55. The molecule has 1 saturated heterocycles. The normalized spacial score (nSPS) is 28.3. The van der Waals surface area contributed by atoms with Gasteiger partial charge in [0.05, 0.1) is 24.4 Å². The van der Waals surface area contributed by atoms with Crippen molar-refractivity contribution in [2.24, 2.45) is 5.92 Å². The fourth-order valence-corrected chi connectivity index (χ4v) is 3.68. The Labute approximate surface area is 149 Å². The average Bonchev–Trinajstić information content (AvgIpc) is 3.11. The molecule has 4 atom stereocenters. The summed E-state index contributed by atoms with van der Waals surface area (Å²) in [6.45, 7) is 10.2. The van der Waals surface area contributed by atoms with Crippen LogP contribution in [0.1, 0.15) is 46.1 Å². The third-order valence-electron chi connectivity index (χ3n) is 4.75. The predicted molar refractivity (Wildman–Crippen MR) is 94.2 cm³/mol. The van der Waals surface area contributed by atoms with Crippen molar-refractivity contribution in [3.05, 3.63) is 18.0 Å². The molecule has 4 unspecified atom stereocenters. The van der Waals surface area contributed by atoms with E-state index < -0.39 is 5.60 Å². The Kier molecular flexibility index (Phi) is 5.34. The zero-order valence-electron chi connectivity index (χ0n) is 15.6. The van der Waals surface area contributed by atoms with E-state index in [1.807, 2.05) is 31.6 Å². The quantitative estimate of drug-likeness (QED) is 0.821. The van der Waals surface area contributed by atoms with Gasteiger partial charge in [-0.05, 0) is 33.6 Å². The molecule has 0 bridgehead atoms. The molecule has 1 saturated carbocycles. The third kappa shape index (κ3) is 4.33. The van der Waals surface area contributed by atoms with Crippen molar-refractivity contribution in [2.45, 2.75) is 77.4 Å². The van der Waals surface area contributed by atoms with E-state index in [-0.39, 0.29) is 24.3 Å². The number of carbonyl (C=O) groups is 1. The molecule has 7 nitrogen and oxygen atoms in total. The molecule has 2 N–H and O–H groups in total. The first-order valence-electron chi connectivity index (χ1n) is 9.23. The van der Waals surface area contributed by atoms with E-state index in [2.05, 4.69) is 28.9 Å². The molecule has 3 rings (SSSR count). The van der Waals surface area contributed by atoms with Gasteiger partial charge in [-0.1, -0.05) is 6.92 Å². The highest BCUT2D eigenvalue weighted by Gasteiger charge is 2.54. The number of nitrogens with zero attached hydrogens (tertiary/aromatic N) is 2. The maximum Gasteiger partial charge on any atom is 0.407 e. The van der Waals surface area contributed by atoms with Crippen molar-refractivity contribution in [3.8, 4) is 0 Å². The average molecular weight is 350 g/mol. The number of rotatable bonds is 6. The topological polar surface area (TPSA) is 77.4 Å². The number of fused-ring (bicyclic) bond motifs is 1. The maximum atomic E-state index is 12.1. The van der Waals surface area contributed by atoms with Crippen LogP contribution in [0.3, 0.4) is 0 Å². The zero-order valence-corrected chi connectivity index (χ0v) is 15.6. The first-order chi connectivity index (χ1) is 11.9. The molecule has 0 radical (unpaired) electrons. The van der Waals surface area contributed by atoms with Crippen LogP contribution in [-0.2, 0) is 22.6 Å². The molecule has 1 aromatic rings. The number of aromatic nitrogens is 2. The van der Waals surface area contributed by atoms with Gasteiger partial charge in [-0.15, -0.1) is 0 Å². The summed E-state index contributed by atoms with van der Waals surface area (Å²) in [5.41, 5.74) is 0.654. The molecular formula is C18H30N4O3. The van der Waals surface area contributed by atoms with Crippen molar-refractivity contribution in [2.75, 3.05) is 6.61 Å². The van der Waals surface area contributed by atoms with E-state index in [1.165, 1.54) is 0 Å². The van der Waals surface area contributed by atoms with Gasteiger partial charge >= 0.3 is 6.09 Å². The largest absolute Gasteiger partial charge is 0.444 e. The second kappa shape index (κ2) is 7.33. The van der Waals surface area contributed by atoms with E-state index in [4.69, 9.17) is 9.47 Å². The highest BCUT2D eigenvalue weighted by Crippen LogP contribution is 2.39. The highest BCUT2D eigenvalue weighted by atomic mass is 16.6. The van der Waals surface area contributed by atoms with E-state index in [1.54, 1.807) is 0 Å². The Morgan fingerprint density at radius 1 is 1.44 bits per heavy atom. The van der Waals surface area contributed by atoms with E-state index in [0.29, 0.717) is 12.5 Å². The van der Waals surface area contributed by atoms with E-state index >= 15 is 0 Å². The molecular weight excluding hydrogens is 320 g/mol. The van der Waals surface area contributed by atoms with Gasteiger partial charge < -0.3 is 20.1 Å². The van der Waals surface area contributed by atoms with Gasteiger partial charge in [0.15, 0.2) is 0 Å². The van der Waals surface area contributed by atoms with Gasteiger partial charge in [0.25, 0.3) is 0 Å². The molecule has 0 aromatic carbocycles. The van der Waals surface area contributed by atoms with Gasteiger partial charge in [-0.2, -0.15) is 5.10 Å². The summed E-state index contributed by atoms with van der Waals surface area (Å²) in [7, 11) is 0. The molecule has 2 heterocycles. The number of nitrogens with one attached hydrogen (secondary N) is 2. The summed E-state index contributed by atoms with van der Waals surface area (Å²) >= 11 is 0. The highest BCUT2D eigenvalue weighted by molar-refractivity contribution is 5.68. The zero-order chi connectivity index (χ0) is 18.0. The number of ether oxygens (including phenoxy) is 2. The van der Waals surface area contributed by atoms with Crippen LogP contribution < -0.4 is 10.6 Å². The molecule has 0 spiro atoms. The number of hydrogen-bond donors (Lipinski definition) is 2. The Bertz CT molecular complexity index is 595. The fourth-order valence-electron chi connectivity index (χ4n) is 3.68. The predicted octanol–water partition coefficient (Wildman–Crippen LogP) is 2.06. The van der Waals surface area contributed by atoms with Gasteiger partial charge in [0, 0.05) is 37.4 Å². The first kappa shape index (κ1) is 18.2. The summed E-state index contributed by atoms with van der Waals surface area (Å²) < 4.78 is 13.2. The lowest BCUT2D eigenvalue weighted by Crippen LogP contribution is -2.70. The molecule has 1 amide bonds. The van der Waals surface area contributed by atoms with Gasteiger partial charge in [0.1, 0.15) is 5.60 Å². The monoisotopic (exact) mass is 350 g/mol. The van der Waals surface area contributed by atoms with Crippen LogP contribution in [0.2, 0.25) is 0 Å². The molecule has 1 aliphatic carbocycles. The first-order valence-corrected chi connectivity index (χ1v) is 9.23. The summed E-state index contributed by atoms with van der Waals surface area (Å²) in [5.74, 6) is 0.368. The second-order valence-corrected chi connectivity index (χ2v) is 7.98. The van der Waals surface area contributed by atoms with Crippen molar-refractivity contribution in [1.29, 1.82) is 0 Å². The number of hydrogen-bond acceptors (Lipinski definition) is 5. The van der Waals surface area contributed by atoms with Gasteiger partial charge in [0.2, 0.25) is 0 Å². The lowest BCUT2D eigenvalue weighted by atomic mass is 9.71. The minimum atomic E-state index is -0.490. The number of aryl methyl sites for hydroxylation is 1. The molecule has 140 valence electrons. The van der Waals surface area contributed by atoms with Crippen molar-refractivity contribution >= 4 is 6.09 Å². The third-order valence-corrected chi connectivity index (χ3v) is 4.75. The Morgan fingerprint density at radius 2 is 2.24 bits per heavy atom. The molecule has 1 aliphatic heterocycles. The van der Waals surface area contributed by atoms with Crippen LogP contribution in [0, 0.1) is 5.92 Å². The van der Waals surface area contributed by atoms with E-state index in [0.717, 1.165) is 31.6 Å². The number of carbonyl (C=O) groups excluding carboxylic acids is 1. The minimum absolute atomic E-state index is 0.0491. The van der Waals surface area contributed by atoms with Crippen LogP contribution in [0.4, 0.5) is 4.79 Å². The van der Waals surface area contributed by atoms with Gasteiger partial charge in [-0.3, -0.25) is 4.68 Å². The van der Waals surface area contributed by atoms with Crippen LogP contribution in [0.25, 0.3) is 0 Å². The molecule has 25 heavy (non-hydrogen) atoms. The van der Waals surface area contributed by atoms with Crippen molar-refractivity contribution in [1.82, 2.24) is 20.4 Å². The second-order valence-electron chi connectivity index (χ2n) is 7.98. The molecule has 7 heteroatoms. The number of amides is 1. The Morgan fingerprint density at radius 3 is 2.96 bits per heavy atom. The lowest BCUT2D eigenvalue weighted by Gasteiger charge is -2.48. The number of alkyl carbamates (subject to hydrolysis) is 1. The standard InChI is InChI=1S/C18H30N4O3/c1-5-7-22-11-12(10-20-22)9-19-15-14(13-6-8-24-16(13)15)21-17(23)25-18(2,3)4/h10-11,13-16,19H,5-9H2,1-4H3,(H,21,23). The van der Waals surface area contributed by atoms with Gasteiger partial charge in [-0.25, -0.2) is 4.79 Å². The summed E-state index contributed by atoms with van der Waals surface area (Å²) in [6, 6.07) is 0.155. The SMILES string of the molecule is CCCn1cc(CNC2C(NC(=O)OC(C)(C)C)C3CCOC32)cn1. The van der Waals surface area contributed by atoms with E-state index in [9.17, 15) is 4.79 Å². The molecule has 2 aliphatic rings. The van der Waals surface area contributed by atoms with Crippen molar-refractivity contribution in [3.63, 3.8) is 0 Å².